The number of aromatic nitrogens is 2. The third-order valence-corrected chi connectivity index (χ3v) is 7.42. The second kappa shape index (κ2) is 13.7. The normalized spacial score (nSPS) is 17.5. The lowest BCUT2D eigenvalue weighted by Crippen LogP contribution is -2.38. The van der Waals surface area contributed by atoms with Crippen LogP contribution in [0.25, 0.3) is 0 Å². The van der Waals surface area contributed by atoms with Crippen molar-refractivity contribution in [2.75, 3.05) is 44.3 Å². The zero-order valence-electron chi connectivity index (χ0n) is 23.8. The van der Waals surface area contributed by atoms with Crippen LogP contribution < -0.4 is 14.4 Å². The minimum Gasteiger partial charge on any atom is -0.492 e. The van der Waals surface area contributed by atoms with Crippen LogP contribution in [0, 0.1) is 13.8 Å². The Morgan fingerprint density at radius 2 is 1.90 bits per heavy atom. The van der Waals surface area contributed by atoms with Crippen molar-refractivity contribution in [3.63, 3.8) is 0 Å². The van der Waals surface area contributed by atoms with Gasteiger partial charge in [0.2, 0.25) is 0 Å². The molecule has 9 heteroatoms. The molecule has 2 aliphatic heterocycles. The molecule has 1 N–H and O–H groups in total. The summed E-state index contributed by atoms with van der Waals surface area (Å²) in [6.07, 6.45) is 6.88. The van der Waals surface area contributed by atoms with E-state index >= 15 is 0 Å². The van der Waals surface area contributed by atoms with Crippen LogP contribution in [-0.4, -0.2) is 71.6 Å². The van der Waals surface area contributed by atoms with E-state index in [0.29, 0.717) is 43.6 Å². The summed E-state index contributed by atoms with van der Waals surface area (Å²) in [4.78, 5) is 26.4. The number of likely N-dealkylation sites (tertiary alicyclic amines) is 1. The van der Waals surface area contributed by atoms with Crippen LogP contribution in [0.1, 0.15) is 40.9 Å². The number of carbonyl (C=O) groups excluding carboxylic acids is 1. The molecule has 2 aromatic carbocycles. The Hall–Kier alpha value is -3.79. The predicted octanol–water partition coefficient (Wildman–Crippen LogP) is 4.61. The fourth-order valence-corrected chi connectivity index (χ4v) is 5.08. The molecule has 4 bridgehead atoms. The lowest BCUT2D eigenvalue weighted by Gasteiger charge is -2.29. The molecule has 1 amide bonds. The molecule has 0 saturated carbocycles. The van der Waals surface area contributed by atoms with E-state index in [0.717, 1.165) is 60.5 Å². The summed E-state index contributed by atoms with van der Waals surface area (Å²) < 4.78 is 18.0. The second-order valence-electron chi connectivity index (χ2n) is 10.6. The molecule has 1 saturated heterocycles. The number of carbonyl (C=O) groups is 1. The van der Waals surface area contributed by atoms with Gasteiger partial charge in [0.15, 0.2) is 0 Å². The number of fused-ring (bicyclic) bond motifs is 4. The Labute approximate surface area is 241 Å². The van der Waals surface area contributed by atoms with Crippen LogP contribution in [0.3, 0.4) is 0 Å². The standard InChI is InChI=1S/C32H38N4O5/c1-23-6-5-7-24(2)31(23)41-32(38)36-14-3-4-18-39-22-26-20-25(21-29-33-13-10-30(36)34-29)8-9-28(26)40-19-17-35-15-11-27(37)12-16-35/h3-10,13,20,27,37H,11-12,14-19,21-22H2,1-2H3/b4-3-. The molecule has 5 rings (SSSR count). The first-order valence-electron chi connectivity index (χ1n) is 14.2. The van der Waals surface area contributed by atoms with E-state index in [2.05, 4.69) is 16.0 Å². The number of anilines is 1. The monoisotopic (exact) mass is 558 g/mol. The summed E-state index contributed by atoms with van der Waals surface area (Å²) in [5.74, 6) is 2.43. The average Bonchev–Trinajstić information content (AvgIpc) is 2.96. The molecule has 0 spiro atoms. The molecule has 216 valence electrons. The number of amides is 1. The zero-order valence-corrected chi connectivity index (χ0v) is 23.8. The maximum Gasteiger partial charge on any atom is 0.421 e. The van der Waals surface area contributed by atoms with Gasteiger partial charge in [-0.15, -0.1) is 0 Å². The molecule has 3 aromatic rings. The Balaban J connectivity index is 1.32. The molecule has 0 unspecified atom stereocenters. The largest absolute Gasteiger partial charge is 0.492 e. The van der Waals surface area contributed by atoms with Gasteiger partial charge in [-0.25, -0.2) is 14.8 Å². The summed E-state index contributed by atoms with van der Waals surface area (Å²) in [6, 6.07) is 13.6. The maximum atomic E-state index is 13.3. The molecule has 0 aliphatic carbocycles. The van der Waals surface area contributed by atoms with E-state index in [1.807, 2.05) is 56.3 Å². The highest BCUT2D eigenvalue weighted by atomic mass is 16.6. The topological polar surface area (TPSA) is 97.2 Å². The van der Waals surface area contributed by atoms with Gasteiger partial charge in [-0.05, 0) is 61.6 Å². The number of ether oxygens (including phenoxy) is 3. The number of aryl methyl sites for hydroxylation is 2. The van der Waals surface area contributed by atoms with Crippen molar-refractivity contribution in [2.45, 2.75) is 45.8 Å². The van der Waals surface area contributed by atoms with Gasteiger partial charge in [-0.3, -0.25) is 9.80 Å². The number of hydrogen-bond donors (Lipinski definition) is 1. The zero-order chi connectivity index (χ0) is 28.6. The van der Waals surface area contributed by atoms with Crippen molar-refractivity contribution in [1.82, 2.24) is 14.9 Å². The summed E-state index contributed by atoms with van der Waals surface area (Å²) >= 11 is 0. The average molecular weight is 559 g/mol. The fraction of sp³-hybridized carbons (Fsp3) is 0.406. The minimum absolute atomic E-state index is 0.178. The Kier molecular flexibility index (Phi) is 9.61. The molecular formula is C32H38N4O5. The van der Waals surface area contributed by atoms with Gasteiger partial charge < -0.3 is 19.3 Å². The number of benzene rings is 2. The van der Waals surface area contributed by atoms with Gasteiger partial charge in [0.05, 0.1) is 19.3 Å². The van der Waals surface area contributed by atoms with Crippen LogP contribution >= 0.6 is 0 Å². The molecule has 0 radical (unpaired) electrons. The van der Waals surface area contributed by atoms with E-state index in [-0.39, 0.29) is 12.6 Å². The number of hydrogen-bond acceptors (Lipinski definition) is 8. The first-order chi connectivity index (χ1) is 20.0. The van der Waals surface area contributed by atoms with Crippen molar-refractivity contribution in [1.29, 1.82) is 0 Å². The molecule has 1 fully saturated rings. The van der Waals surface area contributed by atoms with Crippen LogP contribution in [-0.2, 0) is 17.8 Å². The number of nitrogens with zero attached hydrogens (tertiary/aromatic N) is 4. The Bertz CT molecular complexity index is 1350. The molecular weight excluding hydrogens is 520 g/mol. The predicted molar refractivity (Wildman–Crippen MR) is 157 cm³/mol. The molecule has 0 atom stereocenters. The van der Waals surface area contributed by atoms with E-state index in [9.17, 15) is 9.90 Å². The summed E-state index contributed by atoms with van der Waals surface area (Å²) in [5.41, 5.74) is 3.78. The molecule has 3 heterocycles. The van der Waals surface area contributed by atoms with Gasteiger partial charge in [-0.2, -0.15) is 0 Å². The number of aliphatic hydroxyl groups excluding tert-OH is 1. The third kappa shape index (κ3) is 7.70. The lowest BCUT2D eigenvalue weighted by molar-refractivity contribution is 0.0750. The summed E-state index contributed by atoms with van der Waals surface area (Å²) in [5, 5.41) is 9.74. The van der Waals surface area contributed by atoms with Gasteiger partial charge in [0.1, 0.15) is 29.7 Å². The highest BCUT2D eigenvalue weighted by molar-refractivity contribution is 5.88. The number of piperidine rings is 1. The van der Waals surface area contributed by atoms with E-state index in [4.69, 9.17) is 19.2 Å². The minimum atomic E-state index is -0.505. The van der Waals surface area contributed by atoms with Crippen LogP contribution in [0.5, 0.6) is 11.5 Å². The molecule has 9 nitrogen and oxygen atoms in total. The van der Waals surface area contributed by atoms with Gasteiger partial charge in [0.25, 0.3) is 0 Å². The number of aliphatic hydroxyl groups is 1. The smallest absolute Gasteiger partial charge is 0.421 e. The van der Waals surface area contributed by atoms with Crippen molar-refractivity contribution >= 4 is 11.9 Å². The van der Waals surface area contributed by atoms with Crippen LogP contribution in [0.15, 0.2) is 60.8 Å². The molecule has 1 aromatic heterocycles. The highest BCUT2D eigenvalue weighted by Crippen LogP contribution is 2.26. The SMILES string of the molecule is Cc1cccc(C)c1OC(=O)N1C/C=C\COCc2cc(ccc2OCCN2CCC(O)CC2)Cc2nccc1n2. The molecule has 41 heavy (non-hydrogen) atoms. The van der Waals surface area contributed by atoms with Crippen molar-refractivity contribution in [3.8, 4) is 11.5 Å². The van der Waals surface area contributed by atoms with E-state index in [1.165, 1.54) is 4.90 Å². The lowest BCUT2D eigenvalue weighted by atomic mass is 10.1. The number of para-hydroxylation sites is 1. The maximum absolute atomic E-state index is 13.3. The van der Waals surface area contributed by atoms with E-state index < -0.39 is 6.09 Å². The van der Waals surface area contributed by atoms with Gasteiger partial charge >= 0.3 is 6.09 Å². The Morgan fingerprint density at radius 1 is 1.10 bits per heavy atom. The van der Waals surface area contributed by atoms with Crippen LogP contribution in [0.4, 0.5) is 10.6 Å². The third-order valence-electron chi connectivity index (χ3n) is 7.42. The second-order valence-corrected chi connectivity index (χ2v) is 10.6. The highest BCUT2D eigenvalue weighted by Gasteiger charge is 2.21. The van der Waals surface area contributed by atoms with Gasteiger partial charge in [0, 0.05) is 44.4 Å². The fourth-order valence-electron chi connectivity index (χ4n) is 5.08. The van der Waals surface area contributed by atoms with Crippen molar-refractivity contribution in [2.24, 2.45) is 0 Å². The van der Waals surface area contributed by atoms with Gasteiger partial charge in [-0.1, -0.05) is 36.4 Å². The quantitative estimate of drug-likeness (QED) is 0.454. The van der Waals surface area contributed by atoms with Crippen LogP contribution in [0.2, 0.25) is 0 Å². The summed E-state index contributed by atoms with van der Waals surface area (Å²) in [7, 11) is 0. The van der Waals surface area contributed by atoms with Crippen molar-refractivity contribution in [3.05, 3.63) is 88.9 Å². The summed E-state index contributed by atoms with van der Waals surface area (Å²) in [6.45, 7) is 8.07. The van der Waals surface area contributed by atoms with E-state index in [1.54, 1.807) is 12.3 Å². The number of rotatable bonds is 5. The Morgan fingerprint density at radius 3 is 2.71 bits per heavy atom. The first-order valence-corrected chi connectivity index (χ1v) is 14.2. The first kappa shape index (κ1) is 28.7. The van der Waals surface area contributed by atoms with Crippen molar-refractivity contribution < 1.29 is 24.1 Å². The molecule has 2 aliphatic rings.